The van der Waals surface area contributed by atoms with Gasteiger partial charge in [0.2, 0.25) is 5.91 Å². The molecule has 0 unspecified atom stereocenters. The van der Waals surface area contributed by atoms with E-state index in [0.29, 0.717) is 12.2 Å². The molecule has 0 atom stereocenters. The molecule has 0 saturated heterocycles. The van der Waals surface area contributed by atoms with Gasteiger partial charge in [-0.25, -0.2) is 0 Å². The van der Waals surface area contributed by atoms with Gasteiger partial charge in [-0.2, -0.15) is 12.6 Å². The van der Waals surface area contributed by atoms with Crippen molar-refractivity contribution in [2.45, 2.75) is 37.8 Å². The second-order valence-corrected chi connectivity index (χ2v) is 5.44. The Labute approximate surface area is 107 Å². The summed E-state index contributed by atoms with van der Waals surface area (Å²) in [4.78, 5) is 14.3. The molecule has 0 radical (unpaired) electrons. The van der Waals surface area contributed by atoms with Gasteiger partial charge in [-0.1, -0.05) is 0 Å². The molecule has 0 bridgehead atoms. The molecule has 1 fully saturated rings. The molecule has 0 N–H and O–H groups in total. The molecule has 0 aromatic carbocycles. The van der Waals surface area contributed by atoms with Gasteiger partial charge < -0.3 is 9.47 Å². The molecule has 1 aromatic rings. The summed E-state index contributed by atoms with van der Waals surface area (Å²) in [6.07, 6.45) is 6.17. The van der Waals surface area contributed by atoms with E-state index >= 15 is 0 Å². The lowest BCUT2D eigenvalue weighted by atomic mass is 9.71. The standard InChI is InChI=1S/C13H18N2OS/c16-12(4-10-17)15-9-8-14-7-1-3-11(14)13(15)5-2-6-13/h1,3,7,17H,2,4-6,8-10H2. The Bertz CT molecular complexity index is 436. The SMILES string of the molecule is O=C(CCS)N1CCn2cccc2C12CCC2. The van der Waals surface area contributed by atoms with E-state index in [2.05, 4.69) is 40.4 Å². The van der Waals surface area contributed by atoms with Crippen LogP contribution in [0.1, 0.15) is 31.4 Å². The van der Waals surface area contributed by atoms with Gasteiger partial charge in [0.05, 0.1) is 5.54 Å². The number of amides is 1. The lowest BCUT2D eigenvalue weighted by Crippen LogP contribution is -2.58. The number of aromatic nitrogens is 1. The zero-order valence-electron chi connectivity index (χ0n) is 9.93. The van der Waals surface area contributed by atoms with Crippen LogP contribution >= 0.6 is 12.6 Å². The Morgan fingerprint density at radius 3 is 2.88 bits per heavy atom. The number of thiol groups is 1. The lowest BCUT2D eigenvalue weighted by molar-refractivity contribution is -0.144. The summed E-state index contributed by atoms with van der Waals surface area (Å²) < 4.78 is 2.31. The van der Waals surface area contributed by atoms with Crippen molar-refractivity contribution in [1.29, 1.82) is 0 Å². The zero-order valence-corrected chi connectivity index (χ0v) is 10.8. The van der Waals surface area contributed by atoms with Crippen LogP contribution in [0.15, 0.2) is 18.3 Å². The third-order valence-corrected chi connectivity index (χ3v) is 4.42. The first-order valence-electron chi connectivity index (χ1n) is 6.35. The van der Waals surface area contributed by atoms with Crippen molar-refractivity contribution in [3.8, 4) is 0 Å². The zero-order chi connectivity index (χ0) is 11.9. The van der Waals surface area contributed by atoms with E-state index in [4.69, 9.17) is 0 Å². The summed E-state index contributed by atoms with van der Waals surface area (Å²) in [7, 11) is 0. The largest absolute Gasteiger partial charge is 0.348 e. The molecule has 3 nitrogen and oxygen atoms in total. The average molecular weight is 250 g/mol. The number of carbonyl (C=O) groups is 1. The Kier molecular flexibility index (Phi) is 2.69. The fourth-order valence-corrected chi connectivity index (χ4v) is 3.41. The second-order valence-electron chi connectivity index (χ2n) is 4.99. The topological polar surface area (TPSA) is 25.2 Å². The number of nitrogens with zero attached hydrogens (tertiary/aromatic N) is 2. The maximum absolute atomic E-state index is 12.2. The number of hydrogen-bond acceptors (Lipinski definition) is 2. The molecule has 1 saturated carbocycles. The second kappa shape index (κ2) is 4.09. The number of fused-ring (bicyclic) bond motifs is 2. The highest BCUT2D eigenvalue weighted by Crippen LogP contribution is 2.48. The van der Waals surface area contributed by atoms with Crippen LogP contribution in [0, 0.1) is 0 Å². The van der Waals surface area contributed by atoms with Crippen LogP contribution in [0.4, 0.5) is 0 Å². The maximum Gasteiger partial charge on any atom is 0.224 e. The minimum Gasteiger partial charge on any atom is -0.348 e. The van der Waals surface area contributed by atoms with Crippen molar-refractivity contribution in [1.82, 2.24) is 9.47 Å². The van der Waals surface area contributed by atoms with Gasteiger partial charge in [0.15, 0.2) is 0 Å². The predicted octanol–water partition coefficient (Wildman–Crippen LogP) is 2.03. The highest BCUT2D eigenvalue weighted by molar-refractivity contribution is 7.80. The molecule has 1 aromatic heterocycles. The first-order valence-corrected chi connectivity index (χ1v) is 6.98. The molecule has 1 spiro atoms. The third-order valence-electron chi connectivity index (χ3n) is 4.19. The summed E-state index contributed by atoms with van der Waals surface area (Å²) in [6, 6.07) is 4.28. The minimum absolute atomic E-state index is 0.0157. The molecule has 2 aliphatic rings. The van der Waals surface area contributed by atoms with Crippen LogP contribution in [0.3, 0.4) is 0 Å². The first kappa shape index (κ1) is 11.2. The van der Waals surface area contributed by atoms with Crippen LogP contribution in [-0.2, 0) is 16.9 Å². The molecule has 2 heterocycles. The summed E-state index contributed by atoms with van der Waals surface area (Å²) in [6.45, 7) is 1.79. The van der Waals surface area contributed by atoms with Gasteiger partial charge in [0.25, 0.3) is 0 Å². The van der Waals surface area contributed by atoms with E-state index in [1.807, 2.05) is 0 Å². The van der Waals surface area contributed by atoms with Gasteiger partial charge in [-0.05, 0) is 37.1 Å². The molecule has 3 rings (SSSR count). The fraction of sp³-hybridized carbons (Fsp3) is 0.615. The Morgan fingerprint density at radius 2 is 2.24 bits per heavy atom. The van der Waals surface area contributed by atoms with E-state index in [1.165, 1.54) is 12.1 Å². The fourth-order valence-electron chi connectivity index (χ4n) is 3.22. The van der Waals surface area contributed by atoms with Crippen molar-refractivity contribution in [3.05, 3.63) is 24.0 Å². The molecule has 17 heavy (non-hydrogen) atoms. The average Bonchev–Trinajstić information content (AvgIpc) is 2.73. The van der Waals surface area contributed by atoms with Crippen LogP contribution in [0.5, 0.6) is 0 Å². The van der Waals surface area contributed by atoms with Crippen molar-refractivity contribution in [2.75, 3.05) is 12.3 Å². The molecule has 1 aliphatic carbocycles. The quantitative estimate of drug-likeness (QED) is 0.798. The molecule has 4 heteroatoms. The van der Waals surface area contributed by atoms with Gasteiger partial charge in [-0.15, -0.1) is 0 Å². The van der Waals surface area contributed by atoms with E-state index in [-0.39, 0.29) is 11.4 Å². The summed E-state index contributed by atoms with van der Waals surface area (Å²) in [5, 5.41) is 0. The van der Waals surface area contributed by atoms with E-state index in [1.54, 1.807) is 0 Å². The molecule has 1 amide bonds. The van der Waals surface area contributed by atoms with Gasteiger partial charge in [0.1, 0.15) is 0 Å². The summed E-state index contributed by atoms with van der Waals surface area (Å²) >= 11 is 4.17. The molecule has 1 aliphatic heterocycles. The molecular formula is C13H18N2OS. The van der Waals surface area contributed by atoms with Gasteiger partial charge in [0, 0.05) is 31.4 Å². The normalized spacial score (nSPS) is 21.1. The van der Waals surface area contributed by atoms with Gasteiger partial charge >= 0.3 is 0 Å². The van der Waals surface area contributed by atoms with Crippen molar-refractivity contribution in [2.24, 2.45) is 0 Å². The van der Waals surface area contributed by atoms with Crippen LogP contribution in [-0.4, -0.2) is 27.7 Å². The number of carbonyl (C=O) groups excluding carboxylic acids is 1. The Balaban J connectivity index is 1.95. The molecular weight excluding hydrogens is 232 g/mol. The Morgan fingerprint density at radius 1 is 1.41 bits per heavy atom. The van der Waals surface area contributed by atoms with Gasteiger partial charge in [-0.3, -0.25) is 4.79 Å². The van der Waals surface area contributed by atoms with Crippen LogP contribution < -0.4 is 0 Å². The smallest absolute Gasteiger partial charge is 0.224 e. The highest BCUT2D eigenvalue weighted by Gasteiger charge is 2.49. The first-order chi connectivity index (χ1) is 8.28. The number of hydrogen-bond donors (Lipinski definition) is 1. The molecule has 92 valence electrons. The van der Waals surface area contributed by atoms with Crippen LogP contribution in [0.25, 0.3) is 0 Å². The highest BCUT2D eigenvalue weighted by atomic mass is 32.1. The third kappa shape index (κ3) is 1.53. The summed E-state index contributed by atoms with van der Waals surface area (Å²) in [5.74, 6) is 0.916. The van der Waals surface area contributed by atoms with E-state index in [0.717, 1.165) is 25.9 Å². The lowest BCUT2D eigenvalue weighted by Gasteiger charge is -2.53. The van der Waals surface area contributed by atoms with E-state index < -0.39 is 0 Å². The maximum atomic E-state index is 12.2. The van der Waals surface area contributed by atoms with Crippen molar-refractivity contribution < 1.29 is 4.79 Å². The number of rotatable bonds is 2. The van der Waals surface area contributed by atoms with Crippen molar-refractivity contribution in [3.63, 3.8) is 0 Å². The predicted molar refractivity (Wildman–Crippen MR) is 70.1 cm³/mol. The monoisotopic (exact) mass is 250 g/mol. The Hall–Kier alpha value is -0.900. The van der Waals surface area contributed by atoms with Crippen molar-refractivity contribution >= 4 is 18.5 Å². The van der Waals surface area contributed by atoms with Crippen LogP contribution in [0.2, 0.25) is 0 Å². The minimum atomic E-state index is 0.0157. The summed E-state index contributed by atoms with van der Waals surface area (Å²) in [5.41, 5.74) is 1.35. The van der Waals surface area contributed by atoms with E-state index in [9.17, 15) is 4.79 Å².